The Labute approximate surface area is 126 Å². The van der Waals surface area contributed by atoms with Crippen molar-refractivity contribution in [3.8, 4) is 6.07 Å². The Morgan fingerprint density at radius 1 is 1.45 bits per heavy atom. The van der Waals surface area contributed by atoms with Crippen molar-refractivity contribution in [2.75, 3.05) is 12.4 Å². The minimum atomic E-state index is -0.474. The summed E-state index contributed by atoms with van der Waals surface area (Å²) in [6.07, 6.45) is 0. The van der Waals surface area contributed by atoms with Gasteiger partial charge in [-0.2, -0.15) is 5.26 Å². The Morgan fingerprint density at radius 3 is 2.82 bits per heavy atom. The largest absolute Gasteiger partial charge is 0.384 e. The molecule has 112 valence electrons. The van der Waals surface area contributed by atoms with Crippen molar-refractivity contribution in [1.82, 2.24) is 5.16 Å². The maximum Gasteiger partial charge on any atom is 0.234 e. The van der Waals surface area contributed by atoms with Crippen LogP contribution >= 0.6 is 0 Å². The van der Waals surface area contributed by atoms with Crippen molar-refractivity contribution < 1.29 is 13.7 Å². The van der Waals surface area contributed by atoms with Crippen molar-refractivity contribution in [2.24, 2.45) is 5.73 Å². The average Bonchev–Trinajstić information content (AvgIpc) is 2.90. The van der Waals surface area contributed by atoms with Gasteiger partial charge in [-0.05, 0) is 17.7 Å². The smallest absolute Gasteiger partial charge is 0.234 e. The highest BCUT2D eigenvalue weighted by Crippen LogP contribution is 2.42. The molecular weight excluding hydrogens is 287 g/mol. The van der Waals surface area contributed by atoms with E-state index in [-0.39, 0.29) is 18.2 Å². The Hall–Kier alpha value is -2.85. The van der Waals surface area contributed by atoms with Crippen molar-refractivity contribution in [3.05, 3.63) is 58.3 Å². The molecule has 3 rings (SSSR count). The highest BCUT2D eigenvalue weighted by Gasteiger charge is 2.34. The normalized spacial score (nSPS) is 16.9. The number of halogens is 1. The number of hydrogen-bond acceptors (Lipinski definition) is 6. The predicted molar refractivity (Wildman–Crippen MR) is 75.9 cm³/mol. The number of fused-ring (bicyclic) bond motifs is 1. The summed E-state index contributed by atoms with van der Waals surface area (Å²) in [4.78, 5) is 0. The summed E-state index contributed by atoms with van der Waals surface area (Å²) in [5, 5.41) is 16.2. The number of methoxy groups -OCH3 is 1. The van der Waals surface area contributed by atoms with Gasteiger partial charge < -0.3 is 20.3 Å². The second-order valence-corrected chi connectivity index (χ2v) is 4.85. The van der Waals surface area contributed by atoms with Crippen LogP contribution in [-0.4, -0.2) is 12.3 Å². The summed E-state index contributed by atoms with van der Waals surface area (Å²) in [5.41, 5.74) is 8.21. The first-order valence-corrected chi connectivity index (χ1v) is 6.55. The molecule has 0 bridgehead atoms. The van der Waals surface area contributed by atoms with Crippen LogP contribution in [0.5, 0.6) is 0 Å². The molecule has 1 aliphatic rings. The molecule has 1 aromatic heterocycles. The lowest BCUT2D eigenvalue weighted by atomic mass is 9.83. The fourth-order valence-electron chi connectivity index (χ4n) is 2.56. The van der Waals surface area contributed by atoms with E-state index in [0.717, 1.165) is 5.56 Å². The van der Waals surface area contributed by atoms with Crippen molar-refractivity contribution in [1.29, 1.82) is 5.26 Å². The van der Waals surface area contributed by atoms with Crippen LogP contribution in [0.15, 0.2) is 40.2 Å². The van der Waals surface area contributed by atoms with Crippen molar-refractivity contribution >= 4 is 5.88 Å². The van der Waals surface area contributed by atoms with Gasteiger partial charge in [0.05, 0.1) is 29.7 Å². The van der Waals surface area contributed by atoms with Crippen LogP contribution < -0.4 is 11.1 Å². The Bertz CT molecular complexity index is 774. The molecule has 3 N–H and O–H groups in total. The summed E-state index contributed by atoms with van der Waals surface area (Å²) < 4.78 is 23.5. The third kappa shape index (κ3) is 2.19. The van der Waals surface area contributed by atoms with Gasteiger partial charge in [-0.15, -0.1) is 0 Å². The molecule has 1 atom stereocenters. The lowest BCUT2D eigenvalue weighted by Gasteiger charge is -2.24. The van der Waals surface area contributed by atoms with E-state index in [2.05, 4.69) is 16.5 Å². The number of nitriles is 1. The molecule has 7 heteroatoms. The molecule has 0 saturated heterocycles. The van der Waals surface area contributed by atoms with E-state index < -0.39 is 5.92 Å². The van der Waals surface area contributed by atoms with E-state index in [1.807, 2.05) is 0 Å². The van der Waals surface area contributed by atoms with E-state index in [1.54, 1.807) is 19.2 Å². The van der Waals surface area contributed by atoms with Crippen LogP contribution in [0.1, 0.15) is 22.7 Å². The maximum absolute atomic E-state index is 13.2. The summed E-state index contributed by atoms with van der Waals surface area (Å²) in [5.74, 6) is -0.253. The highest BCUT2D eigenvalue weighted by atomic mass is 19.1. The fraction of sp³-hybridized carbons (Fsp3) is 0.200. The number of nitrogens with zero attached hydrogens (tertiary/aromatic N) is 2. The molecule has 1 aromatic carbocycles. The first-order chi connectivity index (χ1) is 10.7. The highest BCUT2D eigenvalue weighted by molar-refractivity contribution is 5.64. The number of rotatable bonds is 3. The summed E-state index contributed by atoms with van der Waals surface area (Å²) in [6.45, 7) is 0.233. The molecule has 0 fully saturated rings. The quantitative estimate of drug-likeness (QED) is 0.902. The Kier molecular flexibility index (Phi) is 3.53. The monoisotopic (exact) mass is 300 g/mol. The van der Waals surface area contributed by atoms with Gasteiger partial charge in [0.1, 0.15) is 17.3 Å². The van der Waals surface area contributed by atoms with E-state index >= 15 is 0 Å². The van der Waals surface area contributed by atoms with Crippen molar-refractivity contribution in [2.45, 2.75) is 12.5 Å². The van der Waals surface area contributed by atoms with Crippen molar-refractivity contribution in [3.63, 3.8) is 0 Å². The van der Waals surface area contributed by atoms with Crippen LogP contribution in [-0.2, 0) is 11.3 Å². The van der Waals surface area contributed by atoms with Gasteiger partial charge in [0.25, 0.3) is 0 Å². The number of ether oxygens (including phenoxy) is 1. The lowest BCUT2D eigenvalue weighted by Crippen LogP contribution is -2.23. The number of benzene rings is 1. The predicted octanol–water partition coefficient (Wildman–Crippen LogP) is 2.21. The van der Waals surface area contributed by atoms with E-state index in [4.69, 9.17) is 15.0 Å². The second kappa shape index (κ2) is 5.50. The van der Waals surface area contributed by atoms with E-state index in [9.17, 15) is 9.65 Å². The molecular formula is C15H13FN4O2. The molecule has 6 nitrogen and oxygen atoms in total. The Morgan fingerprint density at radius 2 is 2.18 bits per heavy atom. The number of hydrogen-bond donors (Lipinski definition) is 2. The molecule has 22 heavy (non-hydrogen) atoms. The van der Waals surface area contributed by atoms with Gasteiger partial charge in [-0.3, -0.25) is 0 Å². The van der Waals surface area contributed by atoms with Gasteiger partial charge >= 0.3 is 0 Å². The molecule has 1 unspecified atom stereocenters. The number of aromatic nitrogens is 1. The molecule has 1 aliphatic heterocycles. The maximum atomic E-state index is 13.2. The minimum absolute atomic E-state index is 0.199. The summed E-state index contributed by atoms with van der Waals surface area (Å²) >= 11 is 0. The zero-order valence-electron chi connectivity index (χ0n) is 11.8. The summed E-state index contributed by atoms with van der Waals surface area (Å²) in [6, 6.07) is 8.01. The van der Waals surface area contributed by atoms with Crippen LogP contribution in [0.2, 0.25) is 0 Å². The van der Waals surface area contributed by atoms with Gasteiger partial charge in [-0.25, -0.2) is 4.39 Å². The molecule has 0 radical (unpaired) electrons. The van der Waals surface area contributed by atoms with E-state index in [1.165, 1.54) is 12.1 Å². The first-order valence-electron chi connectivity index (χ1n) is 6.55. The second-order valence-electron chi connectivity index (χ2n) is 4.85. The topological polar surface area (TPSA) is 97.1 Å². The molecule has 0 amide bonds. The summed E-state index contributed by atoms with van der Waals surface area (Å²) in [7, 11) is 1.54. The fourth-order valence-corrected chi connectivity index (χ4v) is 2.56. The zero-order chi connectivity index (χ0) is 15.7. The molecule has 0 spiro atoms. The van der Waals surface area contributed by atoms with Crippen LogP contribution in [0.3, 0.4) is 0 Å². The average molecular weight is 300 g/mol. The third-order valence-electron chi connectivity index (χ3n) is 3.52. The Balaban J connectivity index is 2.19. The third-order valence-corrected chi connectivity index (χ3v) is 3.52. The van der Waals surface area contributed by atoms with Gasteiger partial charge in [0.2, 0.25) is 5.88 Å². The van der Waals surface area contributed by atoms with Crippen LogP contribution in [0, 0.1) is 17.1 Å². The van der Waals surface area contributed by atoms with E-state index in [0.29, 0.717) is 22.7 Å². The van der Waals surface area contributed by atoms with Gasteiger partial charge in [0.15, 0.2) is 0 Å². The van der Waals surface area contributed by atoms with Gasteiger partial charge in [0, 0.05) is 7.11 Å². The first kappa shape index (κ1) is 14.1. The molecule has 2 aromatic rings. The number of nitrogens with one attached hydrogen (secondary N) is 1. The standard InChI is InChI=1S/C15H13FN4O2/c1-21-7-11-13-12(8-2-4-9(16)5-3-8)10(6-17)14(18)19-15(13)22-20-11/h2-5,12,19H,7,18H2,1H3. The number of anilines is 1. The molecule has 0 aliphatic carbocycles. The minimum Gasteiger partial charge on any atom is -0.384 e. The van der Waals surface area contributed by atoms with Crippen LogP contribution in [0.25, 0.3) is 0 Å². The zero-order valence-corrected chi connectivity index (χ0v) is 11.8. The number of allylic oxidation sites excluding steroid dienone is 1. The number of nitrogens with two attached hydrogens (primary N) is 1. The lowest BCUT2D eigenvalue weighted by molar-refractivity contribution is 0.177. The van der Waals surface area contributed by atoms with Gasteiger partial charge in [-0.1, -0.05) is 17.3 Å². The SMILES string of the molecule is COCc1noc2c1C(c1ccc(F)cc1)C(C#N)=C(N)N2. The molecule has 2 heterocycles. The van der Waals surface area contributed by atoms with Crippen LogP contribution in [0.4, 0.5) is 10.3 Å². The molecule has 0 saturated carbocycles.